The highest BCUT2D eigenvalue weighted by molar-refractivity contribution is 6.32. The van der Waals surface area contributed by atoms with E-state index in [0.717, 1.165) is 18.2 Å². The molecule has 6 nitrogen and oxygen atoms in total. The summed E-state index contributed by atoms with van der Waals surface area (Å²) >= 11 is 5.77. The topological polar surface area (TPSA) is 66.7 Å². The number of benzene rings is 2. The number of amides is 1. The second kappa shape index (κ2) is 8.38. The summed E-state index contributed by atoms with van der Waals surface area (Å²) in [6, 6.07) is 9.09. The predicted molar refractivity (Wildman–Crippen MR) is 101 cm³/mol. The van der Waals surface area contributed by atoms with Crippen molar-refractivity contribution in [2.24, 2.45) is 0 Å². The largest absolute Gasteiger partial charge is 0.416 e. The normalized spacial score (nSPS) is 15.4. The second-order valence-corrected chi connectivity index (χ2v) is 7.10. The lowest BCUT2D eigenvalue weighted by Crippen LogP contribution is -2.48. The molecule has 1 heterocycles. The molecule has 1 amide bonds. The van der Waals surface area contributed by atoms with E-state index in [4.69, 9.17) is 11.6 Å². The fraction of sp³-hybridized carbons (Fsp3) is 0.316. The van der Waals surface area contributed by atoms with E-state index in [9.17, 15) is 28.1 Å². The van der Waals surface area contributed by atoms with E-state index >= 15 is 0 Å². The van der Waals surface area contributed by atoms with E-state index in [-0.39, 0.29) is 22.2 Å². The minimum absolute atomic E-state index is 0.0440. The molecular weight excluding hydrogens is 411 g/mol. The van der Waals surface area contributed by atoms with E-state index < -0.39 is 16.7 Å². The molecule has 2 aromatic carbocycles. The molecule has 0 atom stereocenters. The highest BCUT2D eigenvalue weighted by Crippen LogP contribution is 2.30. The smallest absolute Gasteiger partial charge is 0.336 e. The van der Waals surface area contributed by atoms with E-state index in [0.29, 0.717) is 38.3 Å². The number of carbonyl (C=O) groups excluding carboxylic acids is 1. The number of hydrogen-bond donors (Lipinski definition) is 0. The first kappa shape index (κ1) is 21.1. The van der Waals surface area contributed by atoms with Crippen molar-refractivity contribution >= 4 is 23.2 Å². The molecule has 3 rings (SSSR count). The van der Waals surface area contributed by atoms with Gasteiger partial charge in [0.25, 0.3) is 11.6 Å². The Morgan fingerprint density at radius 2 is 1.79 bits per heavy atom. The summed E-state index contributed by atoms with van der Waals surface area (Å²) in [4.78, 5) is 26.5. The van der Waals surface area contributed by atoms with Gasteiger partial charge in [0, 0.05) is 44.4 Å². The van der Waals surface area contributed by atoms with Crippen molar-refractivity contribution in [1.29, 1.82) is 0 Å². The van der Waals surface area contributed by atoms with Crippen molar-refractivity contribution in [2.75, 3.05) is 26.2 Å². The van der Waals surface area contributed by atoms with Crippen LogP contribution in [0.3, 0.4) is 0 Å². The number of nitro benzene ring substituents is 1. The summed E-state index contributed by atoms with van der Waals surface area (Å²) in [6.45, 7) is 2.05. The SMILES string of the molecule is O=C(c1ccc(Cl)c([N+](=O)[O-])c1)N1CCN(Cc2cccc(C(F)(F)F)c2)CC1. The van der Waals surface area contributed by atoms with Gasteiger partial charge in [-0.2, -0.15) is 13.2 Å². The minimum atomic E-state index is -4.39. The van der Waals surface area contributed by atoms with Crippen molar-refractivity contribution in [3.05, 3.63) is 74.3 Å². The molecule has 1 fully saturated rings. The van der Waals surface area contributed by atoms with Crippen molar-refractivity contribution in [3.8, 4) is 0 Å². The van der Waals surface area contributed by atoms with Gasteiger partial charge in [0.15, 0.2) is 0 Å². The molecule has 0 unspecified atom stereocenters. The van der Waals surface area contributed by atoms with Gasteiger partial charge in [-0.05, 0) is 23.8 Å². The monoisotopic (exact) mass is 427 g/mol. The van der Waals surface area contributed by atoms with Crippen molar-refractivity contribution < 1.29 is 22.9 Å². The van der Waals surface area contributed by atoms with Crippen LogP contribution < -0.4 is 0 Å². The lowest BCUT2D eigenvalue weighted by molar-refractivity contribution is -0.384. The van der Waals surface area contributed by atoms with Gasteiger partial charge in [0.2, 0.25) is 0 Å². The van der Waals surface area contributed by atoms with Crippen LogP contribution in [-0.2, 0) is 12.7 Å². The molecule has 0 spiro atoms. The van der Waals surface area contributed by atoms with E-state index in [1.54, 1.807) is 11.0 Å². The molecule has 1 saturated heterocycles. The first-order chi connectivity index (χ1) is 13.6. The molecule has 1 aliphatic rings. The van der Waals surface area contributed by atoms with Gasteiger partial charge in [0.1, 0.15) is 5.02 Å². The molecule has 0 saturated carbocycles. The van der Waals surface area contributed by atoms with Gasteiger partial charge in [-0.1, -0.05) is 29.8 Å². The maximum atomic E-state index is 12.8. The summed E-state index contributed by atoms with van der Waals surface area (Å²) in [5.41, 5.74) is -0.297. The molecule has 0 radical (unpaired) electrons. The summed E-state index contributed by atoms with van der Waals surface area (Å²) in [6.07, 6.45) is -4.39. The van der Waals surface area contributed by atoms with E-state index in [1.807, 2.05) is 4.90 Å². The van der Waals surface area contributed by atoms with Gasteiger partial charge in [-0.15, -0.1) is 0 Å². The Morgan fingerprint density at radius 1 is 1.10 bits per heavy atom. The van der Waals surface area contributed by atoms with Crippen LogP contribution in [0.1, 0.15) is 21.5 Å². The maximum absolute atomic E-state index is 12.8. The molecule has 2 aromatic rings. The molecule has 0 aromatic heterocycles. The van der Waals surface area contributed by atoms with Crippen LogP contribution >= 0.6 is 11.6 Å². The van der Waals surface area contributed by atoms with E-state index in [2.05, 4.69) is 0 Å². The molecule has 0 aliphatic carbocycles. The third-order valence-electron chi connectivity index (χ3n) is 4.71. The average molecular weight is 428 g/mol. The number of carbonyl (C=O) groups is 1. The number of nitro groups is 1. The standard InChI is InChI=1S/C19H17ClF3N3O3/c20-16-5-4-14(11-17(16)26(28)29)18(27)25-8-6-24(7-9-25)12-13-2-1-3-15(10-13)19(21,22)23/h1-5,10-11H,6-9,12H2. The Morgan fingerprint density at radius 3 is 2.41 bits per heavy atom. The number of hydrogen-bond acceptors (Lipinski definition) is 4. The number of nitrogens with zero attached hydrogens (tertiary/aromatic N) is 3. The van der Waals surface area contributed by atoms with Crippen molar-refractivity contribution in [2.45, 2.75) is 12.7 Å². The third kappa shape index (κ3) is 5.04. The molecular formula is C19H17ClF3N3O3. The minimum Gasteiger partial charge on any atom is -0.336 e. The number of rotatable bonds is 4. The Bertz CT molecular complexity index is 928. The number of piperazine rings is 1. The zero-order valence-corrected chi connectivity index (χ0v) is 15.9. The van der Waals surface area contributed by atoms with Gasteiger partial charge in [0.05, 0.1) is 10.5 Å². The summed E-state index contributed by atoms with van der Waals surface area (Å²) < 4.78 is 38.5. The first-order valence-corrected chi connectivity index (χ1v) is 9.14. The summed E-state index contributed by atoms with van der Waals surface area (Å²) in [5, 5.41) is 11.0. The molecule has 1 aliphatic heterocycles. The zero-order valence-electron chi connectivity index (χ0n) is 15.2. The fourth-order valence-electron chi connectivity index (χ4n) is 3.18. The molecule has 10 heteroatoms. The van der Waals surface area contributed by atoms with Gasteiger partial charge >= 0.3 is 6.18 Å². The Kier molecular flexibility index (Phi) is 6.09. The highest BCUT2D eigenvalue weighted by Gasteiger charge is 2.30. The van der Waals surface area contributed by atoms with Crippen LogP contribution in [0, 0.1) is 10.1 Å². The summed E-state index contributed by atoms with van der Waals surface area (Å²) in [5.74, 6) is -0.344. The van der Waals surface area contributed by atoms with Gasteiger partial charge in [-0.25, -0.2) is 0 Å². The average Bonchev–Trinajstić information content (AvgIpc) is 2.68. The van der Waals surface area contributed by atoms with Crippen LogP contribution in [-0.4, -0.2) is 46.8 Å². The summed E-state index contributed by atoms with van der Waals surface area (Å²) in [7, 11) is 0. The highest BCUT2D eigenvalue weighted by atomic mass is 35.5. The molecule has 0 N–H and O–H groups in total. The Hall–Kier alpha value is -2.65. The third-order valence-corrected chi connectivity index (χ3v) is 5.03. The van der Waals surface area contributed by atoms with Crippen LogP contribution in [0.4, 0.5) is 18.9 Å². The number of halogens is 4. The van der Waals surface area contributed by atoms with Crippen LogP contribution in [0.5, 0.6) is 0 Å². The zero-order chi connectivity index (χ0) is 21.2. The predicted octanol–water partition coefficient (Wildman–Crippen LogP) is 4.23. The molecule has 154 valence electrons. The molecule has 0 bridgehead atoms. The van der Waals surface area contributed by atoms with Crippen molar-refractivity contribution in [1.82, 2.24) is 9.80 Å². The second-order valence-electron chi connectivity index (χ2n) is 6.69. The van der Waals surface area contributed by atoms with Crippen LogP contribution in [0.15, 0.2) is 42.5 Å². The van der Waals surface area contributed by atoms with Crippen LogP contribution in [0.2, 0.25) is 5.02 Å². The van der Waals surface area contributed by atoms with Gasteiger partial charge < -0.3 is 4.90 Å². The van der Waals surface area contributed by atoms with Crippen LogP contribution in [0.25, 0.3) is 0 Å². The number of alkyl halides is 3. The Balaban J connectivity index is 1.62. The fourth-order valence-corrected chi connectivity index (χ4v) is 3.37. The lowest BCUT2D eigenvalue weighted by Gasteiger charge is -2.34. The lowest BCUT2D eigenvalue weighted by atomic mass is 10.1. The van der Waals surface area contributed by atoms with Gasteiger partial charge in [-0.3, -0.25) is 19.8 Å². The maximum Gasteiger partial charge on any atom is 0.416 e. The van der Waals surface area contributed by atoms with Crippen molar-refractivity contribution in [3.63, 3.8) is 0 Å². The Labute approximate surface area is 169 Å². The van der Waals surface area contributed by atoms with E-state index in [1.165, 1.54) is 18.2 Å². The quantitative estimate of drug-likeness (QED) is 0.541. The first-order valence-electron chi connectivity index (χ1n) is 8.77. The molecule has 29 heavy (non-hydrogen) atoms.